The van der Waals surface area contributed by atoms with Crippen molar-refractivity contribution in [2.45, 2.75) is 39.5 Å². The molecule has 0 saturated heterocycles. The van der Waals surface area contributed by atoms with Gasteiger partial charge < -0.3 is 5.32 Å². The second-order valence-corrected chi connectivity index (χ2v) is 7.40. The van der Waals surface area contributed by atoms with Gasteiger partial charge in [0.2, 0.25) is 0 Å². The highest BCUT2D eigenvalue weighted by atomic mass is 32.1. The second kappa shape index (κ2) is 8.81. The summed E-state index contributed by atoms with van der Waals surface area (Å²) in [6, 6.07) is 14.0. The van der Waals surface area contributed by atoms with Crippen LogP contribution in [0, 0.1) is 6.92 Å². The minimum Gasteiger partial charge on any atom is -0.351 e. The van der Waals surface area contributed by atoms with Crippen molar-refractivity contribution < 1.29 is 4.79 Å². The van der Waals surface area contributed by atoms with E-state index in [0.29, 0.717) is 12.2 Å². The van der Waals surface area contributed by atoms with Crippen LogP contribution in [-0.4, -0.2) is 22.2 Å². The molecule has 1 aromatic carbocycles. The predicted octanol–water partition coefficient (Wildman–Crippen LogP) is 5.22. The van der Waals surface area contributed by atoms with Gasteiger partial charge in [-0.05, 0) is 43.0 Å². The van der Waals surface area contributed by atoms with E-state index in [1.54, 1.807) is 16.0 Å². The molecule has 0 fully saturated rings. The summed E-state index contributed by atoms with van der Waals surface area (Å²) < 4.78 is 1.75. The Morgan fingerprint density at radius 3 is 2.65 bits per heavy atom. The van der Waals surface area contributed by atoms with E-state index in [1.165, 1.54) is 18.4 Å². The first-order valence-corrected chi connectivity index (χ1v) is 10.1. The lowest BCUT2D eigenvalue weighted by molar-refractivity contribution is 0.0945. The van der Waals surface area contributed by atoms with E-state index in [-0.39, 0.29) is 5.91 Å². The van der Waals surface area contributed by atoms with Crippen molar-refractivity contribution in [1.29, 1.82) is 0 Å². The maximum atomic E-state index is 12.8. The molecule has 0 radical (unpaired) electrons. The van der Waals surface area contributed by atoms with Gasteiger partial charge in [0.15, 0.2) is 0 Å². The van der Waals surface area contributed by atoms with Crippen molar-refractivity contribution in [3.05, 3.63) is 59.1 Å². The molecule has 3 aromatic rings. The van der Waals surface area contributed by atoms with Crippen molar-refractivity contribution in [3.8, 4) is 16.3 Å². The van der Waals surface area contributed by atoms with Crippen LogP contribution in [0.4, 0.5) is 0 Å². The summed E-state index contributed by atoms with van der Waals surface area (Å²) in [5.41, 5.74) is 3.49. The molecule has 0 atom stereocenters. The van der Waals surface area contributed by atoms with Gasteiger partial charge in [0.25, 0.3) is 5.91 Å². The summed E-state index contributed by atoms with van der Waals surface area (Å²) in [7, 11) is 0. The maximum absolute atomic E-state index is 12.8. The fourth-order valence-electron chi connectivity index (χ4n) is 2.81. The molecule has 2 heterocycles. The van der Waals surface area contributed by atoms with Gasteiger partial charge >= 0.3 is 0 Å². The lowest BCUT2D eigenvalue weighted by atomic mass is 10.2. The molecule has 0 bridgehead atoms. The number of thiophene rings is 1. The number of rotatable bonds is 8. The van der Waals surface area contributed by atoms with Gasteiger partial charge in [-0.1, -0.05) is 49.9 Å². The minimum absolute atomic E-state index is 0.0719. The highest BCUT2D eigenvalue weighted by molar-refractivity contribution is 7.13. The minimum atomic E-state index is -0.0719. The van der Waals surface area contributed by atoms with E-state index in [4.69, 9.17) is 5.10 Å². The third-order valence-electron chi connectivity index (χ3n) is 4.31. The molecular formula is C21H25N3OS. The molecule has 26 heavy (non-hydrogen) atoms. The van der Waals surface area contributed by atoms with Crippen molar-refractivity contribution in [1.82, 2.24) is 15.1 Å². The zero-order chi connectivity index (χ0) is 18.4. The molecule has 0 saturated carbocycles. The third kappa shape index (κ3) is 4.41. The standard InChI is InChI=1S/C21H25N3OS/c1-3-4-5-6-13-22-21(25)19-15-18(20-8-7-14-26-20)23-24(19)17-11-9-16(2)10-12-17/h7-12,14-15H,3-6,13H2,1-2H3,(H,22,25). The van der Waals surface area contributed by atoms with E-state index in [1.807, 2.05) is 54.8 Å². The number of nitrogens with one attached hydrogen (secondary N) is 1. The Morgan fingerprint density at radius 1 is 1.15 bits per heavy atom. The highest BCUT2D eigenvalue weighted by Gasteiger charge is 2.17. The van der Waals surface area contributed by atoms with Crippen LogP contribution in [0.1, 0.15) is 48.7 Å². The van der Waals surface area contributed by atoms with Crippen LogP contribution >= 0.6 is 11.3 Å². The number of benzene rings is 1. The Labute approximate surface area is 158 Å². The number of unbranched alkanes of at least 4 members (excludes halogenated alkanes) is 3. The van der Waals surface area contributed by atoms with Crippen molar-refractivity contribution in [2.24, 2.45) is 0 Å². The van der Waals surface area contributed by atoms with Gasteiger partial charge in [-0.2, -0.15) is 5.10 Å². The van der Waals surface area contributed by atoms with Crippen LogP contribution in [0.2, 0.25) is 0 Å². The van der Waals surface area contributed by atoms with Crippen molar-refractivity contribution in [2.75, 3.05) is 6.54 Å². The van der Waals surface area contributed by atoms with Crippen molar-refractivity contribution in [3.63, 3.8) is 0 Å². The van der Waals surface area contributed by atoms with Crippen LogP contribution in [0.3, 0.4) is 0 Å². The molecule has 3 rings (SSSR count). The van der Waals surface area contributed by atoms with Crippen LogP contribution in [0.25, 0.3) is 16.3 Å². The molecule has 1 amide bonds. The first-order chi connectivity index (χ1) is 12.7. The maximum Gasteiger partial charge on any atom is 0.270 e. The predicted molar refractivity (Wildman–Crippen MR) is 108 cm³/mol. The number of hydrogen-bond acceptors (Lipinski definition) is 3. The van der Waals surface area contributed by atoms with E-state index in [0.717, 1.165) is 29.1 Å². The Balaban J connectivity index is 1.84. The van der Waals surface area contributed by atoms with Crippen LogP contribution in [0.5, 0.6) is 0 Å². The van der Waals surface area contributed by atoms with Gasteiger partial charge in [-0.25, -0.2) is 4.68 Å². The van der Waals surface area contributed by atoms with E-state index < -0.39 is 0 Å². The quantitative estimate of drug-likeness (QED) is 0.555. The molecule has 0 aliphatic rings. The number of aryl methyl sites for hydroxylation is 1. The molecule has 0 unspecified atom stereocenters. The number of aromatic nitrogens is 2. The summed E-state index contributed by atoms with van der Waals surface area (Å²) >= 11 is 1.63. The third-order valence-corrected chi connectivity index (χ3v) is 5.20. The lowest BCUT2D eigenvalue weighted by Gasteiger charge is -2.08. The van der Waals surface area contributed by atoms with Gasteiger partial charge in [0.05, 0.1) is 10.6 Å². The number of carbonyl (C=O) groups excluding carboxylic acids is 1. The van der Waals surface area contributed by atoms with Crippen LogP contribution in [-0.2, 0) is 0 Å². The van der Waals surface area contributed by atoms with Gasteiger partial charge in [0.1, 0.15) is 11.4 Å². The first-order valence-electron chi connectivity index (χ1n) is 9.18. The monoisotopic (exact) mass is 367 g/mol. The molecule has 0 spiro atoms. The zero-order valence-electron chi connectivity index (χ0n) is 15.4. The summed E-state index contributed by atoms with van der Waals surface area (Å²) in [5.74, 6) is -0.0719. The van der Waals surface area contributed by atoms with Gasteiger partial charge in [-0.3, -0.25) is 4.79 Å². The van der Waals surface area contributed by atoms with Crippen LogP contribution < -0.4 is 5.32 Å². The summed E-state index contributed by atoms with van der Waals surface area (Å²) in [6.07, 6.45) is 4.56. The molecule has 5 heteroatoms. The average molecular weight is 368 g/mol. The molecular weight excluding hydrogens is 342 g/mol. The lowest BCUT2D eigenvalue weighted by Crippen LogP contribution is -2.26. The molecule has 136 valence electrons. The number of carbonyl (C=O) groups is 1. The first kappa shape index (κ1) is 18.4. The largest absolute Gasteiger partial charge is 0.351 e. The smallest absolute Gasteiger partial charge is 0.270 e. The molecule has 0 aliphatic carbocycles. The number of amides is 1. The van der Waals surface area contributed by atoms with Crippen molar-refractivity contribution >= 4 is 17.2 Å². The summed E-state index contributed by atoms with van der Waals surface area (Å²) in [5, 5.41) is 9.76. The fraction of sp³-hybridized carbons (Fsp3) is 0.333. The fourth-order valence-corrected chi connectivity index (χ4v) is 3.50. The van der Waals surface area contributed by atoms with E-state index >= 15 is 0 Å². The zero-order valence-corrected chi connectivity index (χ0v) is 16.2. The van der Waals surface area contributed by atoms with Gasteiger partial charge in [-0.15, -0.1) is 11.3 Å². The van der Waals surface area contributed by atoms with E-state index in [2.05, 4.69) is 12.2 Å². The van der Waals surface area contributed by atoms with Crippen LogP contribution in [0.15, 0.2) is 47.8 Å². The Bertz CT molecular complexity index is 835. The van der Waals surface area contributed by atoms with Gasteiger partial charge in [0, 0.05) is 6.54 Å². The summed E-state index contributed by atoms with van der Waals surface area (Å²) in [4.78, 5) is 13.8. The van der Waals surface area contributed by atoms with E-state index in [9.17, 15) is 4.79 Å². The topological polar surface area (TPSA) is 46.9 Å². The Hall–Kier alpha value is -2.40. The SMILES string of the molecule is CCCCCCNC(=O)c1cc(-c2cccs2)nn1-c1ccc(C)cc1. The average Bonchev–Trinajstić information content (AvgIpc) is 3.31. The molecule has 1 N–H and O–H groups in total. The number of hydrogen-bond donors (Lipinski definition) is 1. The molecule has 4 nitrogen and oxygen atoms in total. The molecule has 0 aliphatic heterocycles. The number of nitrogens with zero attached hydrogens (tertiary/aromatic N) is 2. The highest BCUT2D eigenvalue weighted by Crippen LogP contribution is 2.26. The normalized spacial score (nSPS) is 10.8. The Kier molecular flexibility index (Phi) is 6.23. The Morgan fingerprint density at radius 2 is 1.96 bits per heavy atom. The molecule has 2 aromatic heterocycles. The summed E-state index contributed by atoms with van der Waals surface area (Å²) in [6.45, 7) is 4.94. The second-order valence-electron chi connectivity index (χ2n) is 6.46.